The molecule has 0 amide bonds. The third-order valence-electron chi connectivity index (χ3n) is 4.53. The van der Waals surface area contributed by atoms with Gasteiger partial charge in [-0.25, -0.2) is 4.39 Å². The van der Waals surface area contributed by atoms with E-state index in [0.29, 0.717) is 23.6 Å². The van der Waals surface area contributed by atoms with E-state index in [2.05, 4.69) is 21.2 Å². The number of ether oxygens (including phenoxy) is 4. The molecule has 5 nitrogen and oxygen atoms in total. The zero-order valence-electron chi connectivity index (χ0n) is 15.7. The quantitative estimate of drug-likeness (QED) is 0.504. The van der Waals surface area contributed by atoms with E-state index in [9.17, 15) is 4.39 Å². The van der Waals surface area contributed by atoms with Crippen molar-refractivity contribution in [3.8, 4) is 23.0 Å². The average Bonchev–Trinajstić information content (AvgIpc) is 3.20. The molecule has 1 aliphatic heterocycles. The Morgan fingerprint density at radius 2 is 1.83 bits per heavy atom. The van der Waals surface area contributed by atoms with E-state index in [0.717, 1.165) is 27.2 Å². The normalized spacial score (nSPS) is 12.0. The van der Waals surface area contributed by atoms with Crippen molar-refractivity contribution in [2.24, 2.45) is 0 Å². The van der Waals surface area contributed by atoms with Crippen LogP contribution in [0.3, 0.4) is 0 Å². The summed E-state index contributed by atoms with van der Waals surface area (Å²) in [6.45, 7) is 0.921. The fourth-order valence-electron chi connectivity index (χ4n) is 2.96. The Morgan fingerprint density at radius 1 is 1.00 bits per heavy atom. The van der Waals surface area contributed by atoms with E-state index in [1.165, 1.54) is 6.07 Å². The third-order valence-corrected chi connectivity index (χ3v) is 5.27. The van der Waals surface area contributed by atoms with Crippen LogP contribution in [0, 0.1) is 5.82 Å². The van der Waals surface area contributed by atoms with Crippen molar-refractivity contribution < 1.29 is 23.3 Å². The minimum absolute atomic E-state index is 0.115. The van der Waals surface area contributed by atoms with Crippen LogP contribution in [-0.4, -0.2) is 13.9 Å². The van der Waals surface area contributed by atoms with Crippen molar-refractivity contribution in [3.05, 3.63) is 76.0 Å². The molecule has 7 heteroatoms. The smallest absolute Gasteiger partial charge is 0.231 e. The van der Waals surface area contributed by atoms with Crippen LogP contribution in [0.2, 0.25) is 0 Å². The zero-order chi connectivity index (χ0) is 20.2. The summed E-state index contributed by atoms with van der Waals surface area (Å²) >= 11 is 3.58. The summed E-state index contributed by atoms with van der Waals surface area (Å²) in [7, 11) is 1.58. The van der Waals surface area contributed by atoms with Crippen LogP contribution in [0.4, 0.5) is 10.1 Å². The highest BCUT2D eigenvalue weighted by atomic mass is 79.9. The van der Waals surface area contributed by atoms with Gasteiger partial charge in [-0.15, -0.1) is 0 Å². The fraction of sp³-hybridized carbons (Fsp3) is 0.182. The molecule has 0 spiro atoms. The predicted molar refractivity (Wildman–Crippen MR) is 111 cm³/mol. The van der Waals surface area contributed by atoms with Crippen molar-refractivity contribution in [2.45, 2.75) is 13.2 Å². The molecule has 3 aromatic rings. The molecule has 4 rings (SSSR count). The van der Waals surface area contributed by atoms with Gasteiger partial charge in [-0.2, -0.15) is 0 Å². The SMILES string of the molecule is COc1cc(CNc2ccc3c(c2)OCO3)c(Br)cc1OCc1ccccc1F. The maximum atomic E-state index is 13.8. The molecule has 29 heavy (non-hydrogen) atoms. The first-order chi connectivity index (χ1) is 14.1. The van der Waals surface area contributed by atoms with Crippen molar-refractivity contribution in [3.63, 3.8) is 0 Å². The monoisotopic (exact) mass is 459 g/mol. The molecular formula is C22H19BrFNO4. The molecule has 0 atom stereocenters. The summed E-state index contributed by atoms with van der Waals surface area (Å²) < 4.78 is 36.7. The van der Waals surface area contributed by atoms with Crippen LogP contribution in [0.5, 0.6) is 23.0 Å². The highest BCUT2D eigenvalue weighted by Gasteiger charge is 2.14. The second-order valence-electron chi connectivity index (χ2n) is 6.40. The van der Waals surface area contributed by atoms with E-state index < -0.39 is 0 Å². The number of hydrogen-bond donors (Lipinski definition) is 1. The van der Waals surface area contributed by atoms with Crippen LogP contribution in [-0.2, 0) is 13.2 Å². The van der Waals surface area contributed by atoms with Crippen LogP contribution < -0.4 is 24.3 Å². The third kappa shape index (κ3) is 4.40. The number of methoxy groups -OCH3 is 1. The highest BCUT2D eigenvalue weighted by Crippen LogP contribution is 2.36. The minimum Gasteiger partial charge on any atom is -0.493 e. The first-order valence-corrected chi connectivity index (χ1v) is 9.79. The Bertz CT molecular complexity index is 1030. The standard InChI is InChI=1S/C22H19BrFNO4/c1-26-20-8-15(11-25-16-6-7-19-21(9-16)29-13-28-19)17(23)10-22(20)27-12-14-4-2-3-5-18(14)24/h2-10,25H,11-13H2,1H3. The second-order valence-corrected chi connectivity index (χ2v) is 7.25. The molecule has 0 unspecified atom stereocenters. The minimum atomic E-state index is -0.296. The summed E-state index contributed by atoms with van der Waals surface area (Å²) in [5.41, 5.74) is 2.39. The number of fused-ring (bicyclic) bond motifs is 1. The van der Waals surface area contributed by atoms with E-state index in [1.54, 1.807) is 25.3 Å². The number of anilines is 1. The van der Waals surface area contributed by atoms with Crippen LogP contribution in [0.15, 0.2) is 59.1 Å². The molecular weight excluding hydrogens is 441 g/mol. The topological polar surface area (TPSA) is 49.0 Å². The summed E-state index contributed by atoms with van der Waals surface area (Å²) in [5, 5.41) is 3.36. The van der Waals surface area contributed by atoms with Gasteiger partial charge in [-0.1, -0.05) is 34.1 Å². The van der Waals surface area contributed by atoms with Crippen molar-refractivity contribution in [1.82, 2.24) is 0 Å². The molecule has 1 N–H and O–H groups in total. The molecule has 0 fully saturated rings. The van der Waals surface area contributed by atoms with Gasteiger partial charge in [0.05, 0.1) is 7.11 Å². The first-order valence-electron chi connectivity index (χ1n) is 9.00. The molecule has 1 heterocycles. The second kappa shape index (κ2) is 8.61. The van der Waals surface area contributed by atoms with Crippen molar-refractivity contribution in [1.29, 1.82) is 0 Å². The predicted octanol–water partition coefficient (Wildman–Crippen LogP) is 5.52. The number of nitrogens with one attached hydrogen (secondary N) is 1. The lowest BCUT2D eigenvalue weighted by Crippen LogP contribution is -2.03. The fourth-order valence-corrected chi connectivity index (χ4v) is 3.42. The van der Waals surface area contributed by atoms with E-state index >= 15 is 0 Å². The molecule has 3 aromatic carbocycles. The summed E-state index contributed by atoms with van der Waals surface area (Å²) in [4.78, 5) is 0. The molecule has 150 valence electrons. The lowest BCUT2D eigenvalue weighted by atomic mass is 10.2. The van der Waals surface area contributed by atoms with Gasteiger partial charge < -0.3 is 24.3 Å². The van der Waals surface area contributed by atoms with Gasteiger partial charge >= 0.3 is 0 Å². The van der Waals surface area contributed by atoms with E-state index in [1.807, 2.05) is 30.3 Å². The number of rotatable bonds is 7. The van der Waals surface area contributed by atoms with Crippen LogP contribution in [0.25, 0.3) is 0 Å². The Balaban J connectivity index is 1.46. The summed E-state index contributed by atoms with van der Waals surface area (Å²) in [5.74, 6) is 2.29. The average molecular weight is 460 g/mol. The Morgan fingerprint density at radius 3 is 2.66 bits per heavy atom. The maximum Gasteiger partial charge on any atom is 0.231 e. The van der Waals surface area contributed by atoms with Crippen LogP contribution in [0.1, 0.15) is 11.1 Å². The lowest BCUT2D eigenvalue weighted by Gasteiger charge is -2.15. The Kier molecular flexibility index (Phi) is 5.76. The Labute approximate surface area is 176 Å². The van der Waals surface area contributed by atoms with Gasteiger partial charge in [0.2, 0.25) is 6.79 Å². The zero-order valence-corrected chi connectivity index (χ0v) is 17.3. The van der Waals surface area contributed by atoms with Gasteiger partial charge in [0.25, 0.3) is 0 Å². The summed E-state index contributed by atoms with van der Waals surface area (Å²) in [6, 6.07) is 16.0. The molecule has 0 bridgehead atoms. The van der Waals surface area contributed by atoms with Gasteiger partial charge in [0, 0.05) is 28.3 Å². The van der Waals surface area contributed by atoms with Gasteiger partial charge in [-0.05, 0) is 35.9 Å². The molecule has 0 saturated carbocycles. The molecule has 0 saturated heterocycles. The molecule has 1 aliphatic rings. The maximum absolute atomic E-state index is 13.8. The number of hydrogen-bond acceptors (Lipinski definition) is 5. The van der Waals surface area contributed by atoms with Crippen LogP contribution >= 0.6 is 15.9 Å². The number of benzene rings is 3. The van der Waals surface area contributed by atoms with Gasteiger partial charge in [-0.3, -0.25) is 0 Å². The van der Waals surface area contributed by atoms with E-state index in [-0.39, 0.29) is 19.2 Å². The summed E-state index contributed by atoms with van der Waals surface area (Å²) in [6.07, 6.45) is 0. The van der Waals surface area contributed by atoms with Gasteiger partial charge in [0.15, 0.2) is 23.0 Å². The molecule has 0 radical (unpaired) electrons. The van der Waals surface area contributed by atoms with Gasteiger partial charge in [0.1, 0.15) is 12.4 Å². The highest BCUT2D eigenvalue weighted by molar-refractivity contribution is 9.10. The molecule has 0 aromatic heterocycles. The Hall–Kier alpha value is -2.93. The first kappa shape index (κ1) is 19.4. The van der Waals surface area contributed by atoms with Crippen molar-refractivity contribution in [2.75, 3.05) is 19.2 Å². The van der Waals surface area contributed by atoms with Crippen molar-refractivity contribution >= 4 is 21.6 Å². The number of halogens is 2. The molecule has 0 aliphatic carbocycles. The van der Waals surface area contributed by atoms with E-state index in [4.69, 9.17) is 18.9 Å². The lowest BCUT2D eigenvalue weighted by molar-refractivity contribution is 0.174. The largest absolute Gasteiger partial charge is 0.493 e.